The minimum absolute atomic E-state index is 0.187. The number of rotatable bonds is 7. The molecule has 0 radical (unpaired) electrons. The third kappa shape index (κ3) is 5.53. The number of carboxylic acids is 1. The third-order valence-corrected chi connectivity index (χ3v) is 4.00. The topological polar surface area (TPSA) is 89.9 Å². The fourth-order valence-corrected chi connectivity index (χ4v) is 2.67. The number of aliphatic hydroxyl groups excluding tert-OH is 1. The van der Waals surface area contributed by atoms with E-state index in [1.807, 2.05) is 0 Å². The first-order chi connectivity index (χ1) is 9.82. The second kappa shape index (κ2) is 8.22. The Hall–Kier alpha value is -1.30. The molecule has 2 atom stereocenters. The fourth-order valence-electron chi connectivity index (χ4n) is 2.67. The Morgan fingerprint density at radius 3 is 2.24 bits per heavy atom. The van der Waals surface area contributed by atoms with Crippen LogP contribution in [0.4, 0.5) is 4.79 Å². The molecule has 2 unspecified atom stereocenters. The van der Waals surface area contributed by atoms with Crippen LogP contribution in [0, 0.1) is 5.92 Å². The summed E-state index contributed by atoms with van der Waals surface area (Å²) in [5.41, 5.74) is 0. The zero-order chi connectivity index (χ0) is 16.0. The van der Waals surface area contributed by atoms with E-state index in [1.54, 1.807) is 4.90 Å². The van der Waals surface area contributed by atoms with Gasteiger partial charge in [-0.3, -0.25) is 0 Å². The van der Waals surface area contributed by atoms with Crippen molar-refractivity contribution in [1.29, 1.82) is 0 Å². The molecule has 1 fully saturated rings. The molecule has 1 rings (SSSR count). The van der Waals surface area contributed by atoms with E-state index < -0.39 is 18.1 Å². The van der Waals surface area contributed by atoms with Crippen molar-refractivity contribution in [2.75, 3.05) is 6.54 Å². The van der Waals surface area contributed by atoms with Crippen LogP contribution in [0.3, 0.4) is 0 Å². The van der Waals surface area contributed by atoms with E-state index in [9.17, 15) is 14.7 Å². The van der Waals surface area contributed by atoms with Crippen molar-refractivity contribution >= 4 is 12.0 Å². The lowest BCUT2D eigenvalue weighted by Gasteiger charge is -2.31. The maximum Gasteiger partial charge on any atom is 0.328 e. The van der Waals surface area contributed by atoms with Crippen LogP contribution >= 0.6 is 0 Å². The highest BCUT2D eigenvalue weighted by molar-refractivity contribution is 5.83. The number of carbonyl (C=O) groups is 2. The van der Waals surface area contributed by atoms with Gasteiger partial charge in [0.2, 0.25) is 0 Å². The van der Waals surface area contributed by atoms with Crippen LogP contribution < -0.4 is 5.32 Å². The molecule has 3 N–H and O–H groups in total. The van der Waals surface area contributed by atoms with E-state index in [2.05, 4.69) is 19.2 Å². The number of aliphatic carboxylic acids is 1. The Bertz CT molecular complexity index is 352. The molecule has 0 aromatic rings. The van der Waals surface area contributed by atoms with Gasteiger partial charge in [0.15, 0.2) is 6.04 Å². The Morgan fingerprint density at radius 1 is 1.24 bits per heavy atom. The number of hydrogen-bond acceptors (Lipinski definition) is 3. The average Bonchev–Trinajstić information content (AvgIpc) is 2.88. The minimum Gasteiger partial charge on any atom is -0.480 e. The SMILES string of the molecule is CC(C)CCN(C(=O)NC(C(=O)O)C(C)O)C1CCCC1. The van der Waals surface area contributed by atoms with Crippen molar-refractivity contribution in [3.05, 3.63) is 0 Å². The van der Waals surface area contributed by atoms with Crippen molar-refractivity contribution in [2.24, 2.45) is 5.92 Å². The molecule has 21 heavy (non-hydrogen) atoms. The lowest BCUT2D eigenvalue weighted by Crippen LogP contribution is -2.54. The van der Waals surface area contributed by atoms with Gasteiger partial charge in [-0.05, 0) is 32.1 Å². The summed E-state index contributed by atoms with van der Waals surface area (Å²) in [4.78, 5) is 25.3. The molecule has 0 bridgehead atoms. The lowest BCUT2D eigenvalue weighted by atomic mass is 10.1. The summed E-state index contributed by atoms with van der Waals surface area (Å²) < 4.78 is 0. The number of aliphatic hydroxyl groups is 1. The van der Waals surface area contributed by atoms with Crippen LogP contribution in [-0.2, 0) is 4.79 Å². The first kappa shape index (κ1) is 17.8. The molecule has 6 nitrogen and oxygen atoms in total. The van der Waals surface area contributed by atoms with E-state index in [0.29, 0.717) is 12.5 Å². The van der Waals surface area contributed by atoms with Gasteiger partial charge in [-0.1, -0.05) is 26.7 Å². The standard InChI is InChI=1S/C15H28N2O4/c1-10(2)8-9-17(12-6-4-5-7-12)15(21)16-13(11(3)18)14(19)20/h10-13,18H,4-9H2,1-3H3,(H,16,21)(H,19,20). The molecule has 0 aromatic carbocycles. The second-order valence-electron chi connectivity index (χ2n) is 6.32. The molecule has 1 aliphatic rings. The molecule has 0 aromatic heterocycles. The third-order valence-electron chi connectivity index (χ3n) is 4.00. The first-order valence-electron chi connectivity index (χ1n) is 7.81. The van der Waals surface area contributed by atoms with Crippen LogP contribution in [0.2, 0.25) is 0 Å². The van der Waals surface area contributed by atoms with Gasteiger partial charge in [0.05, 0.1) is 6.10 Å². The predicted molar refractivity (Wildman–Crippen MR) is 80.1 cm³/mol. The summed E-state index contributed by atoms with van der Waals surface area (Å²) in [6.45, 7) is 6.19. The van der Waals surface area contributed by atoms with Gasteiger partial charge in [-0.25, -0.2) is 9.59 Å². The van der Waals surface area contributed by atoms with Crippen LogP contribution in [-0.4, -0.2) is 51.8 Å². The van der Waals surface area contributed by atoms with Crippen LogP contribution in [0.25, 0.3) is 0 Å². The average molecular weight is 300 g/mol. The zero-order valence-corrected chi connectivity index (χ0v) is 13.2. The van der Waals surface area contributed by atoms with Crippen molar-refractivity contribution in [3.8, 4) is 0 Å². The molecule has 0 spiro atoms. The smallest absolute Gasteiger partial charge is 0.328 e. The quantitative estimate of drug-likeness (QED) is 0.669. The van der Waals surface area contributed by atoms with E-state index in [4.69, 9.17) is 5.11 Å². The summed E-state index contributed by atoms with van der Waals surface area (Å²) in [5, 5.41) is 21.0. The van der Waals surface area contributed by atoms with Crippen molar-refractivity contribution < 1.29 is 19.8 Å². The van der Waals surface area contributed by atoms with Gasteiger partial charge in [0, 0.05) is 12.6 Å². The summed E-state index contributed by atoms with van der Waals surface area (Å²) in [6.07, 6.45) is 3.91. The highest BCUT2D eigenvalue weighted by Crippen LogP contribution is 2.24. The summed E-state index contributed by atoms with van der Waals surface area (Å²) >= 11 is 0. The first-order valence-corrected chi connectivity index (χ1v) is 7.81. The van der Waals surface area contributed by atoms with Crippen molar-refractivity contribution in [1.82, 2.24) is 10.2 Å². The fraction of sp³-hybridized carbons (Fsp3) is 0.867. The summed E-state index contributed by atoms with van der Waals surface area (Å²) in [6, 6.07) is -1.46. The van der Waals surface area contributed by atoms with Gasteiger partial charge in [-0.15, -0.1) is 0 Å². The van der Waals surface area contributed by atoms with Crippen molar-refractivity contribution in [3.63, 3.8) is 0 Å². The van der Waals surface area contributed by atoms with E-state index in [1.165, 1.54) is 6.92 Å². The molecule has 2 amide bonds. The number of hydrogen-bond donors (Lipinski definition) is 3. The van der Waals surface area contributed by atoms with Crippen molar-refractivity contribution in [2.45, 2.75) is 71.1 Å². The number of carboxylic acid groups (broad SMARTS) is 1. The molecule has 1 saturated carbocycles. The number of nitrogens with one attached hydrogen (secondary N) is 1. The van der Waals surface area contributed by atoms with Gasteiger partial charge >= 0.3 is 12.0 Å². The normalized spacial score (nSPS) is 18.5. The van der Waals surface area contributed by atoms with Crippen LogP contribution in [0.1, 0.15) is 52.9 Å². The minimum atomic E-state index is -1.26. The summed E-state index contributed by atoms with van der Waals surface area (Å²) in [5.74, 6) is -0.734. The largest absolute Gasteiger partial charge is 0.480 e. The maximum atomic E-state index is 12.4. The Labute approximate surface area is 126 Å². The van der Waals surface area contributed by atoms with E-state index in [0.717, 1.165) is 32.1 Å². The molecular weight excluding hydrogens is 272 g/mol. The lowest BCUT2D eigenvalue weighted by molar-refractivity contribution is -0.141. The monoisotopic (exact) mass is 300 g/mol. The number of nitrogens with zero attached hydrogens (tertiary/aromatic N) is 1. The number of urea groups is 1. The molecule has 0 aliphatic heterocycles. The highest BCUT2D eigenvalue weighted by Gasteiger charge is 2.31. The number of amides is 2. The molecular formula is C15H28N2O4. The van der Waals surface area contributed by atoms with E-state index in [-0.39, 0.29) is 12.1 Å². The number of carbonyl (C=O) groups excluding carboxylic acids is 1. The molecule has 122 valence electrons. The van der Waals surface area contributed by atoms with Crippen LogP contribution in [0.5, 0.6) is 0 Å². The Morgan fingerprint density at radius 2 is 1.81 bits per heavy atom. The second-order valence-corrected chi connectivity index (χ2v) is 6.32. The van der Waals surface area contributed by atoms with Gasteiger partial charge in [-0.2, -0.15) is 0 Å². The maximum absolute atomic E-state index is 12.4. The molecule has 0 heterocycles. The summed E-state index contributed by atoms with van der Waals surface area (Å²) in [7, 11) is 0. The molecule has 6 heteroatoms. The zero-order valence-electron chi connectivity index (χ0n) is 13.2. The van der Waals surface area contributed by atoms with Gasteiger partial charge < -0.3 is 20.4 Å². The Balaban J connectivity index is 2.71. The Kier molecular flexibility index (Phi) is 6.95. The van der Waals surface area contributed by atoms with Gasteiger partial charge in [0.1, 0.15) is 0 Å². The predicted octanol–water partition coefficient (Wildman–Crippen LogP) is 1.82. The van der Waals surface area contributed by atoms with Gasteiger partial charge in [0.25, 0.3) is 0 Å². The molecule has 0 saturated heterocycles. The van der Waals surface area contributed by atoms with E-state index >= 15 is 0 Å². The van der Waals surface area contributed by atoms with Crippen LogP contribution in [0.15, 0.2) is 0 Å². The highest BCUT2D eigenvalue weighted by atomic mass is 16.4. The molecule has 1 aliphatic carbocycles.